The van der Waals surface area contributed by atoms with Crippen molar-refractivity contribution in [3.8, 4) is 0 Å². The summed E-state index contributed by atoms with van der Waals surface area (Å²) >= 11 is 0. The maximum atomic E-state index is 8.78. The zero-order chi connectivity index (χ0) is 11.0. The molecule has 2 atom stereocenters. The summed E-state index contributed by atoms with van der Waals surface area (Å²) in [5, 5.41) is 11.8. The van der Waals surface area contributed by atoms with Gasteiger partial charge in [-0.1, -0.05) is 0 Å². The van der Waals surface area contributed by atoms with Crippen molar-refractivity contribution in [3.63, 3.8) is 0 Å². The van der Waals surface area contributed by atoms with E-state index in [1.165, 1.54) is 0 Å². The molecule has 0 aromatic heterocycles. The van der Waals surface area contributed by atoms with E-state index in [1.807, 2.05) is 27.4 Å². The SMILES string of the molecule is CCO[Si](C)(CCCO)OC(C)NC. The van der Waals surface area contributed by atoms with Gasteiger partial charge in [-0.25, -0.2) is 0 Å². The second-order valence-electron chi connectivity index (χ2n) is 3.44. The Hall–Kier alpha value is 0.0569. The molecule has 0 aromatic rings. The quantitative estimate of drug-likeness (QED) is 0.475. The van der Waals surface area contributed by atoms with Crippen LogP contribution in [-0.2, 0) is 8.85 Å². The van der Waals surface area contributed by atoms with Gasteiger partial charge in [-0.05, 0) is 39.9 Å². The maximum Gasteiger partial charge on any atom is 0.336 e. The molecule has 0 aliphatic heterocycles. The fraction of sp³-hybridized carbons (Fsp3) is 1.00. The minimum Gasteiger partial charge on any atom is -0.396 e. The van der Waals surface area contributed by atoms with Crippen molar-refractivity contribution in [2.24, 2.45) is 0 Å². The molecule has 0 heterocycles. The predicted molar refractivity (Wildman–Crippen MR) is 59.4 cm³/mol. The standard InChI is InChI=1S/C9H23NO3Si/c1-5-12-14(4,8-6-7-11)13-9(2)10-3/h9-11H,5-8H2,1-4H3. The van der Waals surface area contributed by atoms with Crippen LogP contribution in [0.2, 0.25) is 12.6 Å². The lowest BCUT2D eigenvalue weighted by molar-refractivity contribution is 0.112. The zero-order valence-corrected chi connectivity index (χ0v) is 10.7. The highest BCUT2D eigenvalue weighted by Gasteiger charge is 2.32. The third-order valence-electron chi connectivity index (χ3n) is 2.07. The van der Waals surface area contributed by atoms with Gasteiger partial charge in [-0.3, -0.25) is 5.32 Å². The van der Waals surface area contributed by atoms with Crippen molar-refractivity contribution in [1.82, 2.24) is 5.32 Å². The molecule has 0 saturated carbocycles. The van der Waals surface area contributed by atoms with E-state index in [1.54, 1.807) is 0 Å². The second-order valence-corrected chi connectivity index (χ2v) is 6.73. The van der Waals surface area contributed by atoms with Crippen LogP contribution in [0.25, 0.3) is 0 Å². The third kappa shape index (κ3) is 5.72. The number of hydrogen-bond acceptors (Lipinski definition) is 4. The molecule has 0 spiro atoms. The van der Waals surface area contributed by atoms with Gasteiger partial charge in [0.25, 0.3) is 0 Å². The molecular formula is C9H23NO3Si. The van der Waals surface area contributed by atoms with Crippen LogP contribution in [0.5, 0.6) is 0 Å². The first-order valence-corrected chi connectivity index (χ1v) is 7.70. The minimum atomic E-state index is -2.08. The highest BCUT2D eigenvalue weighted by atomic mass is 28.4. The van der Waals surface area contributed by atoms with Crippen LogP contribution in [0.15, 0.2) is 0 Å². The summed E-state index contributed by atoms with van der Waals surface area (Å²) in [4.78, 5) is 0. The normalized spacial score (nSPS) is 17.8. The Morgan fingerprint density at radius 2 is 2.14 bits per heavy atom. The maximum absolute atomic E-state index is 8.78. The van der Waals surface area contributed by atoms with Crippen LogP contribution < -0.4 is 5.32 Å². The third-order valence-corrected chi connectivity index (χ3v) is 5.08. The molecule has 2 N–H and O–H groups in total. The molecule has 0 saturated heterocycles. The topological polar surface area (TPSA) is 50.7 Å². The molecule has 14 heavy (non-hydrogen) atoms. The van der Waals surface area contributed by atoms with Crippen LogP contribution in [0.1, 0.15) is 20.3 Å². The van der Waals surface area contributed by atoms with Crippen LogP contribution in [0, 0.1) is 0 Å². The highest BCUT2D eigenvalue weighted by Crippen LogP contribution is 2.16. The van der Waals surface area contributed by atoms with Crippen LogP contribution in [0.4, 0.5) is 0 Å². The number of aliphatic hydroxyl groups is 1. The highest BCUT2D eigenvalue weighted by molar-refractivity contribution is 6.66. The van der Waals surface area contributed by atoms with Gasteiger partial charge in [-0.2, -0.15) is 0 Å². The van der Waals surface area contributed by atoms with Gasteiger partial charge < -0.3 is 14.0 Å². The summed E-state index contributed by atoms with van der Waals surface area (Å²) in [5.74, 6) is 0. The number of aliphatic hydroxyl groups excluding tert-OH is 1. The molecule has 0 bridgehead atoms. The Morgan fingerprint density at radius 1 is 1.50 bits per heavy atom. The Kier molecular flexibility index (Phi) is 7.39. The van der Waals surface area contributed by atoms with E-state index >= 15 is 0 Å². The largest absolute Gasteiger partial charge is 0.396 e. The molecule has 5 heteroatoms. The summed E-state index contributed by atoms with van der Waals surface area (Å²) in [6.45, 7) is 6.85. The zero-order valence-electron chi connectivity index (χ0n) is 9.67. The van der Waals surface area contributed by atoms with Crippen LogP contribution in [0.3, 0.4) is 0 Å². The first kappa shape index (κ1) is 14.1. The molecule has 2 unspecified atom stereocenters. The van der Waals surface area contributed by atoms with Crippen molar-refractivity contribution in [2.75, 3.05) is 20.3 Å². The predicted octanol–water partition coefficient (Wildman–Crippen LogP) is 1.06. The first-order valence-electron chi connectivity index (χ1n) is 5.18. The Labute approximate surface area is 87.9 Å². The molecule has 0 radical (unpaired) electrons. The van der Waals surface area contributed by atoms with E-state index in [2.05, 4.69) is 5.32 Å². The monoisotopic (exact) mass is 221 g/mol. The number of nitrogens with one attached hydrogen (secondary N) is 1. The average Bonchev–Trinajstić information content (AvgIpc) is 2.15. The van der Waals surface area contributed by atoms with Gasteiger partial charge in [0.2, 0.25) is 0 Å². The van der Waals surface area contributed by atoms with Gasteiger partial charge in [0.15, 0.2) is 0 Å². The van der Waals surface area contributed by atoms with E-state index in [9.17, 15) is 0 Å². The molecule has 0 rings (SSSR count). The van der Waals surface area contributed by atoms with E-state index in [4.69, 9.17) is 14.0 Å². The molecule has 86 valence electrons. The second kappa shape index (κ2) is 7.36. The van der Waals surface area contributed by atoms with Crippen molar-refractivity contribution in [2.45, 2.75) is 39.1 Å². The van der Waals surface area contributed by atoms with Gasteiger partial charge in [0, 0.05) is 13.2 Å². The average molecular weight is 221 g/mol. The van der Waals surface area contributed by atoms with Gasteiger partial charge in [0.1, 0.15) is 0 Å². The molecule has 0 fully saturated rings. The number of hydrogen-bond donors (Lipinski definition) is 2. The fourth-order valence-electron chi connectivity index (χ4n) is 1.30. The van der Waals surface area contributed by atoms with Crippen molar-refractivity contribution < 1.29 is 14.0 Å². The van der Waals surface area contributed by atoms with Crippen LogP contribution in [-0.4, -0.2) is 40.2 Å². The summed E-state index contributed by atoms with van der Waals surface area (Å²) in [5.41, 5.74) is 0. The summed E-state index contributed by atoms with van der Waals surface area (Å²) in [7, 11) is -0.218. The lowest BCUT2D eigenvalue weighted by Crippen LogP contribution is -2.45. The van der Waals surface area contributed by atoms with Crippen LogP contribution >= 0.6 is 0 Å². The summed E-state index contributed by atoms with van der Waals surface area (Å²) in [6.07, 6.45) is 0.760. The molecule has 0 aliphatic carbocycles. The molecule has 0 aliphatic rings. The Morgan fingerprint density at radius 3 is 2.57 bits per heavy atom. The lowest BCUT2D eigenvalue weighted by atomic mass is 10.5. The van der Waals surface area contributed by atoms with E-state index in [0.29, 0.717) is 6.61 Å². The van der Waals surface area contributed by atoms with E-state index < -0.39 is 8.56 Å². The first-order chi connectivity index (χ1) is 6.58. The van der Waals surface area contributed by atoms with Crippen molar-refractivity contribution >= 4 is 8.56 Å². The van der Waals surface area contributed by atoms with Gasteiger partial charge >= 0.3 is 8.56 Å². The smallest absolute Gasteiger partial charge is 0.336 e. The Bertz CT molecular complexity index is 148. The molecule has 0 amide bonds. The Balaban J connectivity index is 4.07. The summed E-state index contributed by atoms with van der Waals surface area (Å²) in [6, 6.07) is 0.837. The molecule has 4 nitrogen and oxygen atoms in total. The van der Waals surface area contributed by atoms with Gasteiger partial charge in [0.05, 0.1) is 6.23 Å². The number of rotatable bonds is 8. The van der Waals surface area contributed by atoms with E-state index in [-0.39, 0.29) is 12.8 Å². The van der Waals surface area contributed by atoms with Crippen molar-refractivity contribution in [1.29, 1.82) is 0 Å². The lowest BCUT2D eigenvalue weighted by Gasteiger charge is -2.29. The fourth-order valence-corrected chi connectivity index (χ4v) is 3.91. The van der Waals surface area contributed by atoms with Gasteiger partial charge in [-0.15, -0.1) is 0 Å². The summed E-state index contributed by atoms with van der Waals surface area (Å²) < 4.78 is 11.5. The molecule has 0 aromatic carbocycles. The molecular weight excluding hydrogens is 198 g/mol. The van der Waals surface area contributed by atoms with E-state index in [0.717, 1.165) is 12.5 Å². The van der Waals surface area contributed by atoms with Crippen molar-refractivity contribution in [3.05, 3.63) is 0 Å². The minimum absolute atomic E-state index is 0.0110.